The van der Waals surface area contributed by atoms with Crippen LogP contribution in [0.5, 0.6) is 0 Å². The van der Waals surface area contributed by atoms with E-state index in [9.17, 15) is 42.9 Å². The number of rotatable bonds is 22. The summed E-state index contributed by atoms with van der Waals surface area (Å²) in [5.74, 6) is -2.81. The second kappa shape index (κ2) is 32.1. The molecule has 15 nitrogen and oxygen atoms in total. The predicted molar refractivity (Wildman–Crippen MR) is 319 cm³/mol. The van der Waals surface area contributed by atoms with Crippen LogP contribution in [0.1, 0.15) is 101 Å². The molecule has 0 aromatic heterocycles. The number of aliphatic hydroxyl groups excluding tert-OH is 2. The van der Waals surface area contributed by atoms with E-state index in [1.165, 1.54) is 54.6 Å². The van der Waals surface area contributed by atoms with Gasteiger partial charge in [0.2, 0.25) is 0 Å². The highest BCUT2D eigenvalue weighted by molar-refractivity contribution is 14.1. The van der Waals surface area contributed by atoms with Gasteiger partial charge < -0.3 is 31.3 Å². The molecule has 6 rings (SSSR count). The van der Waals surface area contributed by atoms with Gasteiger partial charge in [0.05, 0.1) is 71.4 Å². The van der Waals surface area contributed by atoms with Gasteiger partial charge in [0.25, 0.3) is 17.7 Å². The van der Waals surface area contributed by atoms with Crippen molar-refractivity contribution in [3.63, 3.8) is 0 Å². The lowest BCUT2D eigenvalue weighted by Gasteiger charge is -2.17. The second-order valence-electron chi connectivity index (χ2n) is 18.2. The molecule has 0 aliphatic rings. The number of nitrogens with one attached hydrogen (secondary N) is 6. The van der Waals surface area contributed by atoms with Crippen LogP contribution in [0.15, 0.2) is 109 Å². The van der Waals surface area contributed by atoms with Crippen LogP contribution >= 0.6 is 67.8 Å². The molecule has 0 aliphatic carbocycles. The number of hydrogen-bond acceptors (Lipinski definition) is 12. The minimum atomic E-state index is -0.879. The maximum atomic E-state index is 13.7. The number of amides is 3. The number of carbonyl (C=O) groups excluding carboxylic acids is 3. The molecule has 9 N–H and O–H groups in total. The van der Waals surface area contributed by atoms with Gasteiger partial charge in [-0.15, -0.1) is 0 Å². The summed E-state index contributed by atoms with van der Waals surface area (Å²) in [7, 11) is 0. The van der Waals surface area contributed by atoms with Crippen molar-refractivity contribution in [3.8, 4) is 0 Å². The van der Waals surface area contributed by atoms with E-state index in [-0.39, 0.29) is 36.5 Å². The monoisotopic (exact) mass is 1400 g/mol. The SMILES string of the molecule is CCC(O)CCONC(=O)c1ccc(F)cc1Nc1ccc(I)cc1C.Cc1cc(I)ccc1Nc1cc(F)ccc1C(=O)NOCCC(C)(C)O.Cc1cc(I)ccc1Nc1cc(F)ccc1C(=O)NOCCC(C)O. The molecule has 77 heavy (non-hydrogen) atoms. The Bertz CT molecular complexity index is 2930. The third kappa shape index (κ3) is 23.0. The first-order chi connectivity index (χ1) is 36.4. The summed E-state index contributed by atoms with van der Waals surface area (Å²) in [6.45, 7) is 13.2. The Balaban J connectivity index is 0.000000249. The number of aryl methyl sites for hydroxylation is 3. The molecule has 0 spiro atoms. The van der Waals surface area contributed by atoms with Crippen molar-refractivity contribution in [2.24, 2.45) is 0 Å². The molecule has 3 amide bonds. The molecule has 0 bridgehead atoms. The first kappa shape index (κ1) is 64.4. The van der Waals surface area contributed by atoms with Crippen molar-refractivity contribution >= 4 is 120 Å². The number of halogens is 6. The number of hydrogen-bond donors (Lipinski definition) is 9. The Kier molecular flexibility index (Phi) is 26.8. The Hall–Kier alpha value is -5.13. The van der Waals surface area contributed by atoms with E-state index < -0.39 is 53.0 Å². The number of aliphatic hydroxyl groups is 3. The largest absolute Gasteiger partial charge is 0.393 e. The number of anilines is 6. The zero-order valence-electron chi connectivity index (χ0n) is 43.6. The molecule has 414 valence electrons. The van der Waals surface area contributed by atoms with Gasteiger partial charge in [-0.2, -0.15) is 0 Å². The highest BCUT2D eigenvalue weighted by Gasteiger charge is 2.18. The van der Waals surface area contributed by atoms with E-state index in [2.05, 4.69) is 100 Å². The average molecular weight is 1400 g/mol. The molecule has 0 saturated carbocycles. The maximum absolute atomic E-state index is 13.7. The van der Waals surface area contributed by atoms with Crippen LogP contribution in [-0.2, 0) is 14.5 Å². The zero-order valence-corrected chi connectivity index (χ0v) is 50.0. The first-order valence-corrected chi connectivity index (χ1v) is 27.5. The number of carbonyl (C=O) groups is 3. The fourth-order valence-electron chi connectivity index (χ4n) is 6.63. The van der Waals surface area contributed by atoms with Crippen molar-refractivity contribution in [1.82, 2.24) is 16.4 Å². The van der Waals surface area contributed by atoms with E-state index in [4.69, 9.17) is 14.5 Å². The molecule has 6 aromatic rings. The Labute approximate surface area is 488 Å². The summed E-state index contributed by atoms with van der Waals surface area (Å²) in [5.41, 5.74) is 13.2. The summed E-state index contributed by atoms with van der Waals surface area (Å²) in [6.07, 6.45) is 0.842. The zero-order chi connectivity index (χ0) is 56.8. The molecule has 0 radical (unpaired) electrons. The van der Waals surface area contributed by atoms with Crippen LogP contribution < -0.4 is 32.4 Å². The molecule has 0 heterocycles. The summed E-state index contributed by atoms with van der Waals surface area (Å²) in [6, 6.07) is 29.0. The molecule has 2 unspecified atom stereocenters. The van der Waals surface area contributed by atoms with Gasteiger partial charge in [0.1, 0.15) is 17.5 Å². The molecule has 6 aromatic carbocycles. The predicted octanol–water partition coefficient (Wildman–Crippen LogP) is 12.5. The van der Waals surface area contributed by atoms with Crippen molar-refractivity contribution in [2.45, 2.75) is 92.0 Å². The fraction of sp³-hybridized carbons (Fsp3) is 0.304. The van der Waals surface area contributed by atoms with Crippen molar-refractivity contribution in [3.05, 3.63) is 171 Å². The summed E-state index contributed by atoms with van der Waals surface area (Å²) in [4.78, 5) is 52.3. The summed E-state index contributed by atoms with van der Waals surface area (Å²) < 4.78 is 44.3. The molecular formula is C56H64F3I3N6O9. The number of benzene rings is 6. The van der Waals surface area contributed by atoms with Crippen LogP contribution in [0.4, 0.5) is 47.3 Å². The molecule has 0 aliphatic heterocycles. The highest BCUT2D eigenvalue weighted by atomic mass is 127. The van der Waals surface area contributed by atoms with Gasteiger partial charge in [-0.3, -0.25) is 28.9 Å². The van der Waals surface area contributed by atoms with Crippen molar-refractivity contribution < 1.29 is 57.4 Å². The van der Waals surface area contributed by atoms with Gasteiger partial charge in [-0.25, -0.2) is 29.6 Å². The molecule has 0 fully saturated rings. The highest BCUT2D eigenvalue weighted by Crippen LogP contribution is 2.29. The lowest BCUT2D eigenvalue weighted by Crippen LogP contribution is -2.28. The normalized spacial score (nSPS) is 11.7. The van der Waals surface area contributed by atoms with Crippen LogP contribution in [-0.4, -0.2) is 70.7 Å². The standard InChI is InChI=1S/2C19H22FIN2O3.C18H20FIN2O3/c1-12-10-14(21)5-7-16(12)22-17-11-13(20)4-6-15(17)18(24)23-26-9-8-19(2,3)25;1-3-15(24)8-9-26-23-19(25)16-6-4-13(20)11-18(16)22-17-7-5-14(21)10-12(17)2;1-11-9-14(20)4-6-16(11)21-17-10-13(19)3-5-15(17)18(24)22-25-8-7-12(2)23/h4-7,10-11,22,25H,8-9H2,1-3H3,(H,23,24);4-7,10-11,15,22,24H,3,8-9H2,1-2H3,(H,23,25);3-6,9-10,12,21,23H,7-8H2,1-2H3,(H,22,24). The van der Waals surface area contributed by atoms with Gasteiger partial charge in [0, 0.05) is 34.2 Å². The number of hydroxylamine groups is 3. The molecule has 0 saturated heterocycles. The van der Waals surface area contributed by atoms with Crippen LogP contribution in [0, 0.1) is 48.9 Å². The van der Waals surface area contributed by atoms with Crippen molar-refractivity contribution in [1.29, 1.82) is 0 Å². The summed E-state index contributed by atoms with van der Waals surface area (Å²) in [5, 5.41) is 37.6. The van der Waals surface area contributed by atoms with Gasteiger partial charge in [-0.05, 0) is 254 Å². The van der Waals surface area contributed by atoms with Crippen molar-refractivity contribution in [2.75, 3.05) is 35.8 Å². The topological polar surface area (TPSA) is 212 Å². The van der Waals surface area contributed by atoms with Gasteiger partial charge >= 0.3 is 0 Å². The Morgan fingerprint density at radius 2 is 0.844 bits per heavy atom. The smallest absolute Gasteiger partial charge is 0.276 e. The van der Waals surface area contributed by atoms with Crippen LogP contribution in [0.2, 0.25) is 0 Å². The van der Waals surface area contributed by atoms with Crippen LogP contribution in [0.3, 0.4) is 0 Å². The first-order valence-electron chi connectivity index (χ1n) is 24.3. The van der Waals surface area contributed by atoms with Gasteiger partial charge in [-0.1, -0.05) is 6.92 Å². The van der Waals surface area contributed by atoms with Gasteiger partial charge in [0.15, 0.2) is 0 Å². The van der Waals surface area contributed by atoms with E-state index in [1.54, 1.807) is 20.8 Å². The lowest BCUT2D eigenvalue weighted by molar-refractivity contribution is -0.00569. The molecular weight excluding hydrogens is 1340 g/mol. The minimum absolute atomic E-state index is 0.162. The van der Waals surface area contributed by atoms with E-state index >= 15 is 0 Å². The molecule has 21 heteroatoms. The minimum Gasteiger partial charge on any atom is -0.393 e. The summed E-state index contributed by atoms with van der Waals surface area (Å²) >= 11 is 6.64. The quantitative estimate of drug-likeness (QED) is 0.0177. The third-order valence-electron chi connectivity index (χ3n) is 11.0. The Morgan fingerprint density at radius 1 is 0.519 bits per heavy atom. The second-order valence-corrected chi connectivity index (χ2v) is 21.9. The third-order valence-corrected chi connectivity index (χ3v) is 13.0. The van der Waals surface area contributed by atoms with E-state index in [1.807, 2.05) is 82.3 Å². The fourth-order valence-corrected chi connectivity index (χ4v) is 8.58. The maximum Gasteiger partial charge on any atom is 0.276 e. The van der Waals surface area contributed by atoms with E-state index in [0.717, 1.165) is 44.5 Å². The lowest BCUT2D eigenvalue weighted by atomic mass is 10.1. The van der Waals surface area contributed by atoms with Crippen LogP contribution in [0.25, 0.3) is 0 Å². The Morgan fingerprint density at radius 3 is 1.14 bits per heavy atom. The molecule has 2 atom stereocenters. The van der Waals surface area contributed by atoms with E-state index in [0.29, 0.717) is 42.7 Å². The average Bonchev–Trinajstić information content (AvgIpc) is 3.35.